The molecule has 1 aliphatic heterocycles. The maximum atomic E-state index is 12.9. The minimum atomic E-state index is 0.0112. The van der Waals surface area contributed by atoms with Gasteiger partial charge in [-0.15, -0.1) is 0 Å². The molecule has 3 N–H and O–H groups in total. The van der Waals surface area contributed by atoms with Crippen molar-refractivity contribution in [2.75, 3.05) is 39.8 Å². The lowest BCUT2D eigenvalue weighted by Gasteiger charge is -2.32. The number of Topliss-reactive ketones (excluding diaryl/α,β-unsaturated/α-hetero) is 1. The van der Waals surface area contributed by atoms with Gasteiger partial charge in [-0.3, -0.25) is 9.59 Å². The van der Waals surface area contributed by atoms with Crippen molar-refractivity contribution in [1.82, 2.24) is 19.8 Å². The average Bonchev–Trinajstić information content (AvgIpc) is 3.19. The topological polar surface area (TPSA) is 95.3 Å². The minimum absolute atomic E-state index is 0.0112. The van der Waals surface area contributed by atoms with Crippen LogP contribution in [0, 0.1) is 0 Å². The van der Waals surface area contributed by atoms with Crippen molar-refractivity contribution >= 4 is 33.6 Å². The van der Waals surface area contributed by atoms with E-state index in [1.54, 1.807) is 0 Å². The third-order valence-electron chi connectivity index (χ3n) is 6.47. The first kappa shape index (κ1) is 22.4. The Morgan fingerprint density at radius 1 is 1.06 bits per heavy atom. The molecule has 170 valence electrons. The molecule has 32 heavy (non-hydrogen) atoms. The maximum absolute atomic E-state index is 12.9. The number of piperazine rings is 1. The number of likely N-dealkylation sites (N-methyl/N-ethyl adjacent to an activating group) is 1. The highest BCUT2D eigenvalue weighted by Crippen LogP contribution is 2.29. The molecule has 0 atom stereocenters. The smallest absolute Gasteiger partial charge is 0.223 e. The Balaban J connectivity index is 1.48. The molecule has 3 heterocycles. The van der Waals surface area contributed by atoms with Gasteiger partial charge in [0.05, 0.1) is 0 Å². The number of ketones is 1. The van der Waals surface area contributed by atoms with E-state index in [2.05, 4.69) is 28.0 Å². The number of aromatic amines is 1. The predicted molar refractivity (Wildman–Crippen MR) is 128 cm³/mol. The van der Waals surface area contributed by atoms with Crippen LogP contribution in [0.15, 0.2) is 30.5 Å². The number of nitrogens with zero attached hydrogens (tertiary/aromatic N) is 3. The number of carbonyl (C=O) groups is 2. The number of benzene rings is 1. The molecule has 3 aromatic rings. The predicted octanol–water partition coefficient (Wildman–Crippen LogP) is 3.12. The van der Waals surface area contributed by atoms with Crippen molar-refractivity contribution in [2.45, 2.75) is 38.5 Å². The summed E-state index contributed by atoms with van der Waals surface area (Å²) in [6, 6.07) is 7.83. The van der Waals surface area contributed by atoms with Crippen molar-refractivity contribution < 1.29 is 9.59 Å². The second-order valence-electron chi connectivity index (χ2n) is 8.79. The second kappa shape index (κ2) is 10.2. The summed E-state index contributed by atoms with van der Waals surface area (Å²) in [7, 11) is 2.06. The largest absolute Gasteiger partial charge is 0.340 e. The van der Waals surface area contributed by atoms with E-state index in [1.165, 1.54) is 5.56 Å². The summed E-state index contributed by atoms with van der Waals surface area (Å²) in [5.74, 6) is 0.0840. The summed E-state index contributed by atoms with van der Waals surface area (Å²) in [5, 5.41) is 2.12. The molecule has 1 aliphatic rings. The van der Waals surface area contributed by atoms with Gasteiger partial charge < -0.3 is 20.5 Å². The van der Waals surface area contributed by atoms with E-state index in [0.29, 0.717) is 5.56 Å². The normalized spacial score (nSPS) is 15.0. The van der Waals surface area contributed by atoms with Crippen molar-refractivity contribution in [3.8, 4) is 0 Å². The Hall–Kier alpha value is -2.77. The zero-order valence-corrected chi connectivity index (χ0v) is 18.9. The van der Waals surface area contributed by atoms with Gasteiger partial charge in [0.25, 0.3) is 0 Å². The number of rotatable bonds is 9. The Morgan fingerprint density at radius 2 is 1.88 bits per heavy atom. The van der Waals surface area contributed by atoms with Crippen molar-refractivity contribution in [2.24, 2.45) is 5.73 Å². The van der Waals surface area contributed by atoms with E-state index in [4.69, 9.17) is 5.73 Å². The van der Waals surface area contributed by atoms with Gasteiger partial charge in [0.15, 0.2) is 5.78 Å². The molecule has 1 fully saturated rings. The fraction of sp³-hybridized carbons (Fsp3) is 0.480. The second-order valence-corrected chi connectivity index (χ2v) is 8.79. The monoisotopic (exact) mass is 435 g/mol. The van der Waals surface area contributed by atoms with Crippen LogP contribution in [0.2, 0.25) is 0 Å². The number of hydrogen-bond acceptors (Lipinski definition) is 5. The summed E-state index contributed by atoms with van der Waals surface area (Å²) in [5.41, 5.74) is 9.35. The molecule has 4 rings (SSSR count). The lowest BCUT2D eigenvalue weighted by atomic mass is 10.00. The van der Waals surface area contributed by atoms with Crippen molar-refractivity contribution in [3.05, 3.63) is 41.6 Å². The zero-order chi connectivity index (χ0) is 22.5. The number of carbonyl (C=O) groups excluding carboxylic acids is 2. The molecule has 0 radical (unpaired) electrons. The molecule has 1 amide bonds. The molecule has 1 saturated heterocycles. The van der Waals surface area contributed by atoms with Crippen LogP contribution in [0.1, 0.15) is 48.0 Å². The minimum Gasteiger partial charge on any atom is -0.340 e. The Labute approximate surface area is 189 Å². The highest BCUT2D eigenvalue weighted by Gasteiger charge is 2.20. The lowest BCUT2D eigenvalue weighted by Crippen LogP contribution is -2.47. The molecular formula is C25H33N5O2. The number of nitrogens with two attached hydrogens (primary N) is 1. The van der Waals surface area contributed by atoms with E-state index >= 15 is 0 Å². The molecule has 0 bridgehead atoms. The van der Waals surface area contributed by atoms with E-state index < -0.39 is 0 Å². The van der Waals surface area contributed by atoms with Crippen molar-refractivity contribution in [1.29, 1.82) is 0 Å². The summed E-state index contributed by atoms with van der Waals surface area (Å²) < 4.78 is 0. The fourth-order valence-electron chi connectivity index (χ4n) is 4.48. The molecule has 2 aromatic heterocycles. The van der Waals surface area contributed by atoms with Gasteiger partial charge in [0, 0.05) is 67.1 Å². The summed E-state index contributed by atoms with van der Waals surface area (Å²) in [6.07, 6.45) is 6.53. The Bertz CT molecular complexity index is 1100. The molecule has 0 spiro atoms. The molecular weight excluding hydrogens is 402 g/mol. The van der Waals surface area contributed by atoms with Crippen LogP contribution in [0.4, 0.5) is 0 Å². The molecule has 1 aromatic carbocycles. The Morgan fingerprint density at radius 3 is 2.66 bits per heavy atom. The van der Waals surface area contributed by atoms with E-state index in [1.807, 2.05) is 29.3 Å². The molecule has 7 nitrogen and oxygen atoms in total. The summed E-state index contributed by atoms with van der Waals surface area (Å²) in [4.78, 5) is 37.4. The number of H-pyrrole nitrogens is 1. The first-order valence-electron chi connectivity index (χ1n) is 11.7. The van der Waals surface area contributed by atoms with Crippen LogP contribution >= 0.6 is 0 Å². The number of unbranched alkanes of at least 4 members (excludes halogenated alkanes) is 2. The van der Waals surface area contributed by atoms with Crippen LogP contribution in [-0.2, 0) is 11.2 Å². The standard InChI is InChI=1S/C25H33N5O2/c1-29-13-15-30(16-14-29)23(32)9-8-22(31)19-6-7-21-20(17-19)24-18(5-3-2-4-11-26)10-12-27-25(24)28-21/h6-7,10,12,17H,2-5,8-9,11,13-16,26H2,1H3,(H,27,28). The molecule has 0 unspecified atom stereocenters. The fourth-order valence-corrected chi connectivity index (χ4v) is 4.48. The first-order valence-corrected chi connectivity index (χ1v) is 11.7. The first-order chi connectivity index (χ1) is 15.6. The van der Waals surface area contributed by atoms with Gasteiger partial charge in [-0.25, -0.2) is 4.98 Å². The Kier molecular flexibility index (Phi) is 7.17. The number of amides is 1. The third kappa shape index (κ3) is 5.00. The molecule has 7 heteroatoms. The number of fused-ring (bicyclic) bond motifs is 3. The SMILES string of the molecule is CN1CCN(C(=O)CCC(=O)c2ccc3[nH]c4nccc(CCCCCN)c4c3c2)CC1. The third-order valence-corrected chi connectivity index (χ3v) is 6.47. The van der Waals surface area contributed by atoms with Gasteiger partial charge >= 0.3 is 0 Å². The number of pyridine rings is 1. The maximum Gasteiger partial charge on any atom is 0.223 e. The van der Waals surface area contributed by atoms with Crippen LogP contribution in [0.25, 0.3) is 21.9 Å². The number of hydrogen-bond donors (Lipinski definition) is 2. The van der Waals surface area contributed by atoms with Crippen LogP contribution in [0.3, 0.4) is 0 Å². The molecule has 0 saturated carbocycles. The van der Waals surface area contributed by atoms with E-state index in [0.717, 1.165) is 80.3 Å². The van der Waals surface area contributed by atoms with Crippen molar-refractivity contribution in [3.63, 3.8) is 0 Å². The number of aryl methyl sites for hydroxylation is 1. The van der Waals surface area contributed by atoms with E-state index in [9.17, 15) is 9.59 Å². The van der Waals surface area contributed by atoms with Gasteiger partial charge in [0.2, 0.25) is 5.91 Å². The zero-order valence-electron chi connectivity index (χ0n) is 18.9. The average molecular weight is 436 g/mol. The van der Waals surface area contributed by atoms with Gasteiger partial charge in [-0.1, -0.05) is 6.42 Å². The summed E-state index contributed by atoms with van der Waals surface area (Å²) in [6.45, 7) is 3.98. The van der Waals surface area contributed by atoms with Gasteiger partial charge in [-0.2, -0.15) is 0 Å². The number of aromatic nitrogens is 2. The van der Waals surface area contributed by atoms with E-state index in [-0.39, 0.29) is 24.5 Å². The van der Waals surface area contributed by atoms with Gasteiger partial charge in [0.1, 0.15) is 5.65 Å². The van der Waals surface area contributed by atoms with Gasteiger partial charge in [-0.05, 0) is 62.7 Å². The van der Waals surface area contributed by atoms with Crippen LogP contribution in [-0.4, -0.2) is 71.2 Å². The number of nitrogens with one attached hydrogen (secondary N) is 1. The highest BCUT2D eigenvalue weighted by molar-refractivity contribution is 6.10. The summed E-state index contributed by atoms with van der Waals surface area (Å²) >= 11 is 0. The lowest BCUT2D eigenvalue weighted by molar-refractivity contribution is -0.132. The molecule has 0 aliphatic carbocycles. The van der Waals surface area contributed by atoms with Crippen LogP contribution < -0.4 is 5.73 Å². The van der Waals surface area contributed by atoms with Crippen LogP contribution in [0.5, 0.6) is 0 Å². The quantitative estimate of drug-likeness (QED) is 0.398. The highest BCUT2D eigenvalue weighted by atomic mass is 16.2.